The lowest BCUT2D eigenvalue weighted by atomic mass is 10.0. The van der Waals surface area contributed by atoms with E-state index in [1.165, 1.54) is 0 Å². The Hall–Kier alpha value is -2.73. The largest absolute Gasteiger partial charge is 0.348 e. The molecule has 30 heavy (non-hydrogen) atoms. The van der Waals surface area contributed by atoms with Crippen LogP contribution in [0, 0.1) is 11.3 Å². The molecule has 0 bridgehead atoms. The summed E-state index contributed by atoms with van der Waals surface area (Å²) in [6.45, 7) is 2.12. The predicted molar refractivity (Wildman–Crippen MR) is 123 cm³/mol. The number of thiazole rings is 1. The molecule has 154 valence electrons. The van der Waals surface area contributed by atoms with Gasteiger partial charge in [-0.15, -0.1) is 12.4 Å². The fourth-order valence-electron chi connectivity index (χ4n) is 3.97. The molecule has 3 aromatic heterocycles. The maximum Gasteiger partial charge on any atom is 0.186 e. The van der Waals surface area contributed by atoms with Crippen LogP contribution >= 0.6 is 23.7 Å². The third-order valence-electron chi connectivity index (χ3n) is 5.56. The predicted octanol–water partition coefficient (Wildman–Crippen LogP) is 3.73. The number of nitrogens with one attached hydrogen (secondary N) is 1. The van der Waals surface area contributed by atoms with E-state index >= 15 is 0 Å². The molecule has 0 aliphatic carbocycles. The molecule has 1 saturated heterocycles. The van der Waals surface area contributed by atoms with Gasteiger partial charge in [-0.3, -0.25) is 9.67 Å². The van der Waals surface area contributed by atoms with Gasteiger partial charge in [0.2, 0.25) is 0 Å². The monoisotopic (exact) mass is 439 g/mol. The fraction of sp³-hybridized carbons (Fsp3) is 0.333. The number of pyridine rings is 1. The molecule has 4 aromatic rings. The molecule has 0 atom stereocenters. The van der Waals surface area contributed by atoms with E-state index in [-0.39, 0.29) is 12.4 Å². The van der Waals surface area contributed by atoms with Gasteiger partial charge in [0.15, 0.2) is 5.13 Å². The van der Waals surface area contributed by atoms with Crippen molar-refractivity contribution in [1.82, 2.24) is 25.1 Å². The molecule has 1 aromatic carbocycles. The third-order valence-corrected chi connectivity index (χ3v) is 6.67. The van der Waals surface area contributed by atoms with Crippen LogP contribution in [-0.4, -0.2) is 45.9 Å². The van der Waals surface area contributed by atoms with Gasteiger partial charge in [-0.25, -0.2) is 4.98 Å². The van der Waals surface area contributed by atoms with Crippen molar-refractivity contribution >= 4 is 50.0 Å². The zero-order valence-corrected chi connectivity index (χ0v) is 18.4. The lowest BCUT2D eigenvalue weighted by Crippen LogP contribution is -2.41. The van der Waals surface area contributed by atoms with Crippen molar-refractivity contribution in [1.29, 1.82) is 5.26 Å². The maximum absolute atomic E-state index is 9.54. The van der Waals surface area contributed by atoms with Crippen LogP contribution in [-0.2, 0) is 7.05 Å². The summed E-state index contributed by atoms with van der Waals surface area (Å²) in [5.41, 5.74) is 3.97. The molecule has 1 N–H and O–H groups in total. The summed E-state index contributed by atoms with van der Waals surface area (Å²) in [6, 6.07) is 8.77. The zero-order valence-electron chi connectivity index (χ0n) is 16.8. The molecule has 1 aliphatic heterocycles. The number of aryl methyl sites for hydroxylation is 1. The molecular weight excluding hydrogens is 418 g/mol. The van der Waals surface area contributed by atoms with Gasteiger partial charge in [0.05, 0.1) is 22.2 Å². The smallest absolute Gasteiger partial charge is 0.186 e. The van der Waals surface area contributed by atoms with E-state index in [1.54, 1.807) is 16.0 Å². The second-order valence-electron chi connectivity index (χ2n) is 7.50. The first kappa shape index (κ1) is 20.5. The van der Waals surface area contributed by atoms with Gasteiger partial charge in [-0.2, -0.15) is 10.4 Å². The molecule has 5 rings (SSSR count). The molecule has 0 amide bonds. The van der Waals surface area contributed by atoms with Crippen LogP contribution in [0.4, 0.5) is 5.13 Å². The Morgan fingerprint density at radius 2 is 2.07 bits per heavy atom. The summed E-state index contributed by atoms with van der Waals surface area (Å²) in [4.78, 5) is 11.7. The highest BCUT2D eigenvalue weighted by atomic mass is 35.5. The number of benzene rings is 1. The molecular formula is C21H22ClN7S. The van der Waals surface area contributed by atoms with E-state index in [0.29, 0.717) is 11.6 Å². The summed E-state index contributed by atoms with van der Waals surface area (Å²) in [6.07, 6.45) is 6.04. The number of hydrogen-bond donors (Lipinski definition) is 1. The van der Waals surface area contributed by atoms with E-state index in [1.807, 2.05) is 31.6 Å². The molecule has 0 radical (unpaired) electrons. The lowest BCUT2D eigenvalue weighted by molar-refractivity contribution is 0.443. The van der Waals surface area contributed by atoms with E-state index < -0.39 is 0 Å². The lowest BCUT2D eigenvalue weighted by Gasteiger charge is -2.31. The fourth-order valence-corrected chi connectivity index (χ4v) is 4.97. The number of fused-ring (bicyclic) bond motifs is 2. The van der Waals surface area contributed by atoms with E-state index in [9.17, 15) is 5.26 Å². The number of halogens is 1. The number of nitriles is 1. The number of aromatic nitrogens is 4. The molecule has 7 nitrogen and oxygen atoms in total. The van der Waals surface area contributed by atoms with Crippen molar-refractivity contribution < 1.29 is 0 Å². The summed E-state index contributed by atoms with van der Waals surface area (Å²) >= 11 is 1.70. The minimum absolute atomic E-state index is 0. The Morgan fingerprint density at radius 1 is 1.27 bits per heavy atom. The van der Waals surface area contributed by atoms with Crippen LogP contribution in [0.1, 0.15) is 18.4 Å². The molecule has 1 fully saturated rings. The highest BCUT2D eigenvalue weighted by Gasteiger charge is 2.21. The summed E-state index contributed by atoms with van der Waals surface area (Å²) in [7, 11) is 4.00. The normalized spacial score (nSPS) is 14.6. The maximum atomic E-state index is 9.54. The van der Waals surface area contributed by atoms with Crippen LogP contribution < -0.4 is 10.2 Å². The van der Waals surface area contributed by atoms with Crippen LogP contribution in [0.5, 0.6) is 0 Å². The van der Waals surface area contributed by atoms with Gasteiger partial charge in [-0.1, -0.05) is 11.3 Å². The van der Waals surface area contributed by atoms with E-state index in [2.05, 4.69) is 39.5 Å². The zero-order chi connectivity index (χ0) is 20.0. The first-order valence-electron chi connectivity index (χ1n) is 9.70. The molecule has 0 spiro atoms. The number of piperidine rings is 1. The van der Waals surface area contributed by atoms with Crippen LogP contribution in [0.25, 0.3) is 32.4 Å². The third kappa shape index (κ3) is 3.60. The number of rotatable bonds is 3. The summed E-state index contributed by atoms with van der Waals surface area (Å²) < 4.78 is 2.84. The first-order valence-corrected chi connectivity index (χ1v) is 10.5. The van der Waals surface area contributed by atoms with E-state index in [4.69, 9.17) is 4.98 Å². The Morgan fingerprint density at radius 3 is 2.83 bits per heavy atom. The Labute approximate surface area is 184 Å². The number of hydrogen-bond acceptors (Lipinski definition) is 7. The van der Waals surface area contributed by atoms with Gasteiger partial charge >= 0.3 is 0 Å². The van der Waals surface area contributed by atoms with Crippen LogP contribution in [0.2, 0.25) is 0 Å². The van der Waals surface area contributed by atoms with Gasteiger partial charge in [0.25, 0.3) is 0 Å². The number of nitrogens with zero attached hydrogens (tertiary/aromatic N) is 6. The highest BCUT2D eigenvalue weighted by molar-refractivity contribution is 7.22. The van der Waals surface area contributed by atoms with Crippen molar-refractivity contribution in [2.45, 2.75) is 18.9 Å². The minimum atomic E-state index is 0. The topological polar surface area (TPSA) is 82.7 Å². The second-order valence-corrected chi connectivity index (χ2v) is 8.51. The van der Waals surface area contributed by atoms with E-state index in [0.717, 1.165) is 63.4 Å². The van der Waals surface area contributed by atoms with Crippen molar-refractivity contribution in [3.63, 3.8) is 0 Å². The van der Waals surface area contributed by atoms with Gasteiger partial charge < -0.3 is 10.2 Å². The molecule has 9 heteroatoms. The van der Waals surface area contributed by atoms with Crippen molar-refractivity contribution in [2.24, 2.45) is 7.05 Å². The second kappa shape index (κ2) is 8.19. The van der Waals surface area contributed by atoms with Crippen LogP contribution in [0.3, 0.4) is 0 Å². The standard InChI is InChI=1S/C21H21N7S.ClH/c1-27-12-15-8-13(7-14(10-22)20(15)26-27)17-9-19-18(11-24-17)25-21(29-19)28(2)16-3-5-23-6-4-16;/h7-9,11-12,16,23H,3-6H2,1-2H3;1H. The van der Waals surface area contributed by atoms with Crippen LogP contribution in [0.15, 0.2) is 30.6 Å². The molecule has 1 aliphatic rings. The molecule has 0 unspecified atom stereocenters. The van der Waals surface area contributed by atoms with Crippen molar-refractivity contribution in [3.8, 4) is 17.3 Å². The molecule has 4 heterocycles. The molecule has 0 saturated carbocycles. The van der Waals surface area contributed by atoms with Gasteiger partial charge in [0, 0.05) is 37.3 Å². The summed E-state index contributed by atoms with van der Waals surface area (Å²) in [5.74, 6) is 0. The van der Waals surface area contributed by atoms with Crippen molar-refractivity contribution in [3.05, 3.63) is 36.2 Å². The highest BCUT2D eigenvalue weighted by Crippen LogP contribution is 2.33. The first-order chi connectivity index (χ1) is 14.1. The Balaban J connectivity index is 0.00000218. The minimum Gasteiger partial charge on any atom is -0.348 e. The average molecular weight is 440 g/mol. The SMILES string of the molecule is CN(c1nc2cnc(-c3cc(C#N)c4nn(C)cc4c3)cc2s1)C1CCNCC1.Cl. The Bertz CT molecular complexity index is 1250. The van der Waals surface area contributed by atoms with Crippen molar-refractivity contribution in [2.75, 3.05) is 25.0 Å². The van der Waals surface area contributed by atoms with Gasteiger partial charge in [0.1, 0.15) is 17.1 Å². The average Bonchev–Trinajstić information content (AvgIpc) is 3.34. The van der Waals surface area contributed by atoms with Gasteiger partial charge in [-0.05, 0) is 44.1 Å². The number of anilines is 1. The quantitative estimate of drug-likeness (QED) is 0.523. The summed E-state index contributed by atoms with van der Waals surface area (Å²) in [5, 5.41) is 19.3. The Kier molecular flexibility index (Phi) is 5.60.